The molecule has 4 rings (SSSR count). The number of hydrogen-bond donors (Lipinski definition) is 2. The number of carbonyl (C=O) groups is 2. The Morgan fingerprint density at radius 3 is 2.42 bits per heavy atom. The molecular weight excluding hydrogens is 440 g/mol. The van der Waals surface area contributed by atoms with Crippen molar-refractivity contribution in [3.05, 3.63) is 106 Å². The molecule has 1 aliphatic rings. The van der Waals surface area contributed by atoms with E-state index in [-0.39, 0.29) is 11.8 Å². The highest BCUT2D eigenvalue weighted by molar-refractivity contribution is 6.30. The number of allylic oxidation sites excluding steroid dienone is 1. The Morgan fingerprint density at radius 1 is 1.00 bits per heavy atom. The molecule has 1 heterocycles. The summed E-state index contributed by atoms with van der Waals surface area (Å²) >= 11 is 5.97. The van der Waals surface area contributed by atoms with Gasteiger partial charge in [0.05, 0.1) is 13.2 Å². The second kappa shape index (κ2) is 9.79. The normalized spacial score (nSPS) is 15.5. The van der Waals surface area contributed by atoms with E-state index in [1.807, 2.05) is 36.4 Å². The number of benzene rings is 3. The molecule has 3 aromatic carbocycles. The van der Waals surface area contributed by atoms with Crippen LogP contribution in [0, 0.1) is 0 Å². The summed E-state index contributed by atoms with van der Waals surface area (Å²) in [6.07, 6.45) is 0. The molecule has 0 spiro atoms. The van der Waals surface area contributed by atoms with Gasteiger partial charge in [-0.05, 0) is 54.4 Å². The van der Waals surface area contributed by atoms with Crippen molar-refractivity contribution in [3.8, 4) is 11.5 Å². The Balaban J connectivity index is 1.65. The largest absolute Gasteiger partial charge is 0.493 e. The first kappa shape index (κ1) is 22.4. The first-order valence-electron chi connectivity index (χ1n) is 10.4. The molecule has 0 radical (unpaired) electrons. The molecule has 168 valence electrons. The summed E-state index contributed by atoms with van der Waals surface area (Å²) < 4.78 is 11.5. The molecule has 7 heteroatoms. The van der Waals surface area contributed by atoms with Crippen LogP contribution in [0.25, 0.3) is 0 Å². The smallest absolute Gasteiger partial charge is 0.319 e. The zero-order valence-corrected chi connectivity index (χ0v) is 19.0. The van der Waals surface area contributed by atoms with Crippen LogP contribution in [0.5, 0.6) is 11.5 Å². The summed E-state index contributed by atoms with van der Waals surface area (Å²) in [6, 6.07) is 20.8. The lowest BCUT2D eigenvalue weighted by Gasteiger charge is -2.29. The number of ketones is 1. The SMILES string of the molecule is COc1cc([C@H]2NC(=O)NC(C)=C2C(=O)c2ccc(Cl)cc2)ccc1OCc1ccccc1. The molecule has 0 saturated carbocycles. The van der Waals surface area contributed by atoms with Crippen LogP contribution in [-0.4, -0.2) is 18.9 Å². The second-order valence-corrected chi connectivity index (χ2v) is 8.03. The summed E-state index contributed by atoms with van der Waals surface area (Å²) in [7, 11) is 1.55. The maximum Gasteiger partial charge on any atom is 0.319 e. The van der Waals surface area contributed by atoms with Gasteiger partial charge in [-0.15, -0.1) is 0 Å². The molecule has 0 unspecified atom stereocenters. The van der Waals surface area contributed by atoms with E-state index in [9.17, 15) is 9.59 Å². The Hall–Kier alpha value is -3.77. The van der Waals surface area contributed by atoms with Crippen molar-refractivity contribution in [2.45, 2.75) is 19.6 Å². The maximum absolute atomic E-state index is 13.3. The number of nitrogens with one attached hydrogen (secondary N) is 2. The fraction of sp³-hybridized carbons (Fsp3) is 0.154. The van der Waals surface area contributed by atoms with Gasteiger partial charge in [0.25, 0.3) is 0 Å². The molecular formula is C26H23ClN2O4. The van der Waals surface area contributed by atoms with Crippen LogP contribution >= 0.6 is 11.6 Å². The van der Waals surface area contributed by atoms with Crippen molar-refractivity contribution in [1.29, 1.82) is 0 Å². The standard InChI is InChI=1S/C26H23ClN2O4/c1-16-23(25(30)18-8-11-20(27)12-9-18)24(29-26(31)28-16)19-10-13-21(22(14-19)32-2)33-15-17-6-4-3-5-7-17/h3-14,24H,15H2,1-2H3,(H2,28,29,31)/t24-/m1/s1. The van der Waals surface area contributed by atoms with Crippen LogP contribution in [-0.2, 0) is 6.61 Å². The predicted octanol–water partition coefficient (Wildman–Crippen LogP) is 5.44. The van der Waals surface area contributed by atoms with Crippen LogP contribution in [0.15, 0.2) is 84.1 Å². The monoisotopic (exact) mass is 462 g/mol. The third-order valence-electron chi connectivity index (χ3n) is 5.38. The highest BCUT2D eigenvalue weighted by atomic mass is 35.5. The van der Waals surface area contributed by atoms with E-state index in [1.54, 1.807) is 50.4 Å². The van der Waals surface area contributed by atoms with E-state index < -0.39 is 6.04 Å². The summed E-state index contributed by atoms with van der Waals surface area (Å²) in [6.45, 7) is 2.10. The minimum absolute atomic E-state index is 0.204. The van der Waals surface area contributed by atoms with Gasteiger partial charge >= 0.3 is 6.03 Å². The highest BCUT2D eigenvalue weighted by Gasteiger charge is 2.32. The van der Waals surface area contributed by atoms with Crippen molar-refractivity contribution >= 4 is 23.4 Å². The van der Waals surface area contributed by atoms with Gasteiger partial charge in [0, 0.05) is 21.9 Å². The van der Waals surface area contributed by atoms with Crippen LogP contribution in [0.4, 0.5) is 4.79 Å². The van der Waals surface area contributed by atoms with E-state index in [4.69, 9.17) is 21.1 Å². The van der Waals surface area contributed by atoms with E-state index in [2.05, 4.69) is 10.6 Å². The molecule has 6 nitrogen and oxygen atoms in total. The molecule has 2 N–H and O–H groups in total. The minimum atomic E-state index is -0.654. The van der Waals surface area contributed by atoms with E-state index in [0.29, 0.717) is 45.5 Å². The quantitative estimate of drug-likeness (QED) is 0.458. The average molecular weight is 463 g/mol. The number of carbonyl (C=O) groups excluding carboxylic acids is 2. The molecule has 1 aliphatic heterocycles. The minimum Gasteiger partial charge on any atom is -0.493 e. The van der Waals surface area contributed by atoms with E-state index in [1.165, 1.54) is 0 Å². The third kappa shape index (κ3) is 5.02. The first-order chi connectivity index (χ1) is 16.0. The van der Waals surface area contributed by atoms with Crippen molar-refractivity contribution < 1.29 is 19.1 Å². The zero-order chi connectivity index (χ0) is 23.4. The van der Waals surface area contributed by atoms with Crippen molar-refractivity contribution in [3.63, 3.8) is 0 Å². The molecule has 0 fully saturated rings. The van der Waals surface area contributed by atoms with Gasteiger partial charge in [-0.3, -0.25) is 4.79 Å². The van der Waals surface area contributed by atoms with Crippen LogP contribution in [0.3, 0.4) is 0 Å². The van der Waals surface area contributed by atoms with E-state index >= 15 is 0 Å². The Kier molecular flexibility index (Phi) is 6.66. The average Bonchev–Trinajstić information content (AvgIpc) is 2.83. The molecule has 33 heavy (non-hydrogen) atoms. The summed E-state index contributed by atoms with van der Waals surface area (Å²) in [4.78, 5) is 25.6. The lowest BCUT2D eigenvalue weighted by Crippen LogP contribution is -2.45. The number of amides is 2. The number of halogens is 1. The number of rotatable bonds is 7. The lowest BCUT2D eigenvalue weighted by atomic mass is 9.89. The van der Waals surface area contributed by atoms with Gasteiger partial charge in [0.1, 0.15) is 6.61 Å². The molecule has 3 aromatic rings. The molecule has 0 bridgehead atoms. The maximum atomic E-state index is 13.3. The Bertz CT molecular complexity index is 1210. The van der Waals surface area contributed by atoms with Gasteiger partial charge in [-0.1, -0.05) is 48.0 Å². The number of methoxy groups -OCH3 is 1. The summed E-state index contributed by atoms with van der Waals surface area (Å²) in [5, 5.41) is 6.09. The summed E-state index contributed by atoms with van der Waals surface area (Å²) in [5.74, 6) is 0.869. The Morgan fingerprint density at radius 2 is 1.73 bits per heavy atom. The topological polar surface area (TPSA) is 76.7 Å². The number of urea groups is 1. The summed E-state index contributed by atoms with van der Waals surface area (Å²) in [5.41, 5.74) is 3.14. The zero-order valence-electron chi connectivity index (χ0n) is 18.2. The van der Waals surface area contributed by atoms with Crippen LogP contribution in [0.2, 0.25) is 5.02 Å². The van der Waals surface area contributed by atoms with E-state index in [0.717, 1.165) is 5.56 Å². The highest BCUT2D eigenvalue weighted by Crippen LogP contribution is 2.35. The number of Topliss-reactive ketones (excluding diaryl/α,β-unsaturated/α-hetero) is 1. The molecule has 0 saturated heterocycles. The number of hydrogen-bond acceptors (Lipinski definition) is 4. The third-order valence-corrected chi connectivity index (χ3v) is 5.63. The fourth-order valence-corrected chi connectivity index (χ4v) is 3.85. The Labute approximate surface area is 197 Å². The second-order valence-electron chi connectivity index (χ2n) is 7.59. The fourth-order valence-electron chi connectivity index (χ4n) is 3.72. The first-order valence-corrected chi connectivity index (χ1v) is 10.8. The molecule has 2 amide bonds. The molecule has 0 aromatic heterocycles. The van der Waals surface area contributed by atoms with Crippen molar-refractivity contribution in [2.75, 3.05) is 7.11 Å². The van der Waals surface area contributed by atoms with Crippen LogP contribution < -0.4 is 20.1 Å². The van der Waals surface area contributed by atoms with Gasteiger partial charge < -0.3 is 20.1 Å². The van der Waals surface area contributed by atoms with Gasteiger partial charge in [-0.2, -0.15) is 0 Å². The van der Waals surface area contributed by atoms with Crippen LogP contribution in [0.1, 0.15) is 34.5 Å². The van der Waals surface area contributed by atoms with Gasteiger partial charge in [0.15, 0.2) is 17.3 Å². The predicted molar refractivity (Wildman–Crippen MR) is 127 cm³/mol. The molecule has 1 atom stereocenters. The van der Waals surface area contributed by atoms with Crippen molar-refractivity contribution in [1.82, 2.24) is 10.6 Å². The lowest BCUT2D eigenvalue weighted by molar-refractivity contribution is 0.102. The van der Waals surface area contributed by atoms with Crippen molar-refractivity contribution in [2.24, 2.45) is 0 Å². The number of ether oxygens (including phenoxy) is 2. The van der Waals surface area contributed by atoms with Gasteiger partial charge in [0.2, 0.25) is 0 Å². The molecule has 0 aliphatic carbocycles. The van der Waals surface area contributed by atoms with Gasteiger partial charge in [-0.25, -0.2) is 4.79 Å².